The molecule has 3 aromatic rings. The van der Waals surface area contributed by atoms with Gasteiger partial charge in [0.15, 0.2) is 5.69 Å². The van der Waals surface area contributed by atoms with Gasteiger partial charge in [0.05, 0.1) is 11.0 Å². The highest BCUT2D eigenvalue weighted by molar-refractivity contribution is 5.92. The number of hydrogen-bond acceptors (Lipinski definition) is 4. The van der Waals surface area contributed by atoms with Crippen molar-refractivity contribution in [2.75, 3.05) is 0 Å². The number of carbonyl (C=O) groups excluding carboxylic acids is 1. The smallest absolute Gasteiger partial charge is 0.328 e. The van der Waals surface area contributed by atoms with E-state index in [0.717, 1.165) is 16.6 Å². The first-order valence-corrected chi connectivity index (χ1v) is 7.77. The van der Waals surface area contributed by atoms with Crippen LogP contribution in [0.2, 0.25) is 0 Å². The van der Waals surface area contributed by atoms with Crippen LogP contribution in [-0.2, 0) is 20.6 Å². The van der Waals surface area contributed by atoms with Gasteiger partial charge in [0.1, 0.15) is 5.76 Å². The Morgan fingerprint density at radius 2 is 1.92 bits per heavy atom. The van der Waals surface area contributed by atoms with Crippen LogP contribution in [-0.4, -0.2) is 20.2 Å². The van der Waals surface area contributed by atoms with Crippen LogP contribution in [0.4, 0.5) is 0 Å². The zero-order valence-electron chi connectivity index (χ0n) is 14.2. The Morgan fingerprint density at radius 1 is 1.21 bits per heavy atom. The van der Waals surface area contributed by atoms with Crippen LogP contribution in [0.15, 0.2) is 33.6 Å². The molecule has 0 saturated heterocycles. The second-order valence-corrected chi connectivity index (χ2v) is 6.18. The predicted molar refractivity (Wildman–Crippen MR) is 89.9 cm³/mol. The van der Waals surface area contributed by atoms with Crippen molar-refractivity contribution in [2.45, 2.75) is 26.3 Å². The molecule has 126 valence electrons. The summed E-state index contributed by atoms with van der Waals surface area (Å²) in [4.78, 5) is 24.1. The van der Waals surface area contributed by atoms with E-state index < -0.39 is 0 Å². The highest BCUT2D eigenvalue weighted by Gasteiger charge is 2.14. The number of nitrogens with zero attached hydrogens (tertiary/aromatic N) is 3. The average Bonchev–Trinajstić information content (AvgIpc) is 3.14. The number of aromatic nitrogens is 3. The molecule has 0 aliphatic rings. The van der Waals surface area contributed by atoms with E-state index in [1.807, 2.05) is 32.0 Å². The molecule has 2 aromatic heterocycles. The Kier molecular flexibility index (Phi) is 4.01. The van der Waals surface area contributed by atoms with Gasteiger partial charge in [0.2, 0.25) is 0 Å². The van der Waals surface area contributed by atoms with Gasteiger partial charge in [0, 0.05) is 32.6 Å². The molecule has 0 aliphatic carbocycles. The van der Waals surface area contributed by atoms with Gasteiger partial charge in [-0.25, -0.2) is 4.79 Å². The zero-order valence-corrected chi connectivity index (χ0v) is 14.2. The summed E-state index contributed by atoms with van der Waals surface area (Å²) in [6.45, 7) is 4.30. The van der Waals surface area contributed by atoms with Crippen molar-refractivity contribution in [3.05, 3.63) is 51.8 Å². The van der Waals surface area contributed by atoms with Crippen molar-refractivity contribution < 1.29 is 9.32 Å². The van der Waals surface area contributed by atoms with Crippen molar-refractivity contribution in [2.24, 2.45) is 14.1 Å². The van der Waals surface area contributed by atoms with Crippen LogP contribution < -0.4 is 11.0 Å². The summed E-state index contributed by atoms with van der Waals surface area (Å²) in [6.07, 6.45) is 0. The SMILES string of the molecule is CC(C)c1cc(C(=O)NCc2ccc3c(c2)n(C)c(=O)n3C)no1. The fourth-order valence-electron chi connectivity index (χ4n) is 2.60. The van der Waals surface area contributed by atoms with Crippen LogP contribution in [0.1, 0.15) is 41.6 Å². The van der Waals surface area contributed by atoms with Gasteiger partial charge in [-0.3, -0.25) is 13.9 Å². The number of amides is 1. The molecule has 1 N–H and O–H groups in total. The third-order valence-corrected chi connectivity index (χ3v) is 4.12. The lowest BCUT2D eigenvalue weighted by atomic mass is 10.1. The minimum absolute atomic E-state index is 0.0741. The average molecular weight is 328 g/mol. The fourth-order valence-corrected chi connectivity index (χ4v) is 2.60. The Hall–Kier alpha value is -2.83. The second kappa shape index (κ2) is 5.99. The highest BCUT2D eigenvalue weighted by Crippen LogP contribution is 2.16. The van der Waals surface area contributed by atoms with Crippen LogP contribution in [0, 0.1) is 0 Å². The summed E-state index contributed by atoms with van der Waals surface area (Å²) in [5, 5.41) is 6.61. The third kappa shape index (κ3) is 2.73. The first kappa shape index (κ1) is 16.0. The molecule has 3 rings (SSSR count). The molecular weight excluding hydrogens is 308 g/mol. The summed E-state index contributed by atoms with van der Waals surface area (Å²) in [5.41, 5.74) is 2.79. The van der Waals surface area contributed by atoms with Gasteiger partial charge in [0.25, 0.3) is 5.91 Å². The van der Waals surface area contributed by atoms with E-state index >= 15 is 0 Å². The molecule has 0 aliphatic heterocycles. The van der Waals surface area contributed by atoms with E-state index in [1.165, 1.54) is 0 Å². The molecule has 7 nitrogen and oxygen atoms in total. The largest absolute Gasteiger partial charge is 0.360 e. The maximum atomic E-state index is 12.1. The van der Waals surface area contributed by atoms with Gasteiger partial charge in [-0.2, -0.15) is 0 Å². The van der Waals surface area contributed by atoms with E-state index in [1.54, 1.807) is 29.3 Å². The van der Waals surface area contributed by atoms with Crippen molar-refractivity contribution >= 4 is 16.9 Å². The number of carbonyl (C=O) groups is 1. The van der Waals surface area contributed by atoms with Crippen LogP contribution in [0.3, 0.4) is 0 Å². The number of rotatable bonds is 4. The van der Waals surface area contributed by atoms with Gasteiger partial charge >= 0.3 is 5.69 Å². The fraction of sp³-hybridized carbons (Fsp3) is 0.353. The molecule has 0 atom stereocenters. The molecule has 0 bridgehead atoms. The number of imidazole rings is 1. The molecule has 0 saturated carbocycles. The van der Waals surface area contributed by atoms with Gasteiger partial charge < -0.3 is 9.84 Å². The molecule has 0 spiro atoms. The van der Waals surface area contributed by atoms with E-state index in [-0.39, 0.29) is 23.2 Å². The van der Waals surface area contributed by atoms with E-state index in [2.05, 4.69) is 10.5 Å². The maximum Gasteiger partial charge on any atom is 0.328 e. The summed E-state index contributed by atoms with van der Waals surface area (Å²) in [6, 6.07) is 7.33. The standard InChI is InChI=1S/C17H20N4O3/c1-10(2)15-8-12(19-24-15)16(22)18-9-11-5-6-13-14(7-11)21(4)17(23)20(13)3/h5-8,10H,9H2,1-4H3,(H,18,22). The summed E-state index contributed by atoms with van der Waals surface area (Å²) < 4.78 is 8.33. The van der Waals surface area contributed by atoms with Gasteiger partial charge in [-0.1, -0.05) is 25.1 Å². The van der Waals surface area contributed by atoms with Crippen molar-refractivity contribution in [3.63, 3.8) is 0 Å². The first-order valence-electron chi connectivity index (χ1n) is 7.77. The minimum Gasteiger partial charge on any atom is -0.360 e. The number of fused-ring (bicyclic) bond motifs is 1. The molecular formula is C17H20N4O3. The molecule has 0 unspecified atom stereocenters. The topological polar surface area (TPSA) is 82.1 Å². The second-order valence-electron chi connectivity index (χ2n) is 6.18. The van der Waals surface area contributed by atoms with Crippen LogP contribution in [0.25, 0.3) is 11.0 Å². The lowest BCUT2D eigenvalue weighted by molar-refractivity contribution is 0.0941. The Labute approximate surface area is 138 Å². The first-order chi connectivity index (χ1) is 11.4. The van der Waals surface area contributed by atoms with Crippen LogP contribution in [0.5, 0.6) is 0 Å². The number of nitrogens with one attached hydrogen (secondary N) is 1. The molecule has 0 radical (unpaired) electrons. The quantitative estimate of drug-likeness (QED) is 0.793. The Morgan fingerprint density at radius 3 is 2.58 bits per heavy atom. The molecule has 2 heterocycles. The third-order valence-electron chi connectivity index (χ3n) is 4.12. The lowest BCUT2D eigenvalue weighted by Crippen LogP contribution is -2.23. The molecule has 0 fully saturated rings. The zero-order chi connectivity index (χ0) is 17.4. The van der Waals surface area contributed by atoms with Crippen LogP contribution >= 0.6 is 0 Å². The van der Waals surface area contributed by atoms with Crippen molar-refractivity contribution in [3.8, 4) is 0 Å². The normalized spacial score (nSPS) is 11.4. The van der Waals surface area contributed by atoms with Crippen molar-refractivity contribution in [1.29, 1.82) is 0 Å². The predicted octanol–water partition coefficient (Wildman–Crippen LogP) is 1.92. The number of benzene rings is 1. The van der Waals surface area contributed by atoms with Gasteiger partial charge in [-0.05, 0) is 17.7 Å². The van der Waals surface area contributed by atoms with E-state index in [9.17, 15) is 9.59 Å². The minimum atomic E-state index is -0.285. The summed E-state index contributed by atoms with van der Waals surface area (Å²) in [5.74, 6) is 0.578. The molecule has 1 amide bonds. The molecule has 7 heteroatoms. The molecule has 24 heavy (non-hydrogen) atoms. The maximum absolute atomic E-state index is 12.1. The van der Waals surface area contributed by atoms with Crippen molar-refractivity contribution in [1.82, 2.24) is 19.6 Å². The summed E-state index contributed by atoms with van der Waals surface area (Å²) >= 11 is 0. The Bertz CT molecular complexity index is 962. The van der Waals surface area contributed by atoms with E-state index in [4.69, 9.17) is 4.52 Å². The number of hydrogen-bond donors (Lipinski definition) is 1. The highest BCUT2D eigenvalue weighted by atomic mass is 16.5. The van der Waals surface area contributed by atoms with E-state index in [0.29, 0.717) is 12.3 Å². The monoisotopic (exact) mass is 328 g/mol. The molecule has 1 aromatic carbocycles. The Balaban J connectivity index is 1.76. The lowest BCUT2D eigenvalue weighted by Gasteiger charge is -2.04. The summed E-state index contributed by atoms with van der Waals surface area (Å²) in [7, 11) is 3.47. The van der Waals surface area contributed by atoms with Gasteiger partial charge in [-0.15, -0.1) is 0 Å². The number of aryl methyl sites for hydroxylation is 2.